The molecule has 1 aliphatic rings. The predicted octanol–water partition coefficient (Wildman–Crippen LogP) is 0.00470. The highest BCUT2D eigenvalue weighted by atomic mass is 16.4. The predicted molar refractivity (Wildman–Crippen MR) is 65.6 cm³/mol. The quantitative estimate of drug-likeness (QED) is 0.701. The first-order chi connectivity index (χ1) is 7.75. The number of rotatable bonds is 4. The van der Waals surface area contributed by atoms with Gasteiger partial charge >= 0.3 is 7.12 Å². The average Bonchev–Trinajstić information content (AvgIpc) is 2.80. The van der Waals surface area contributed by atoms with Gasteiger partial charge in [-0.25, -0.2) is 0 Å². The molecular weight excluding hydrogens is 201 g/mol. The second kappa shape index (κ2) is 5.48. The van der Waals surface area contributed by atoms with Crippen molar-refractivity contribution < 1.29 is 10.0 Å². The van der Waals surface area contributed by atoms with Crippen LogP contribution in [0.3, 0.4) is 0 Å². The fourth-order valence-electron chi connectivity index (χ4n) is 2.15. The van der Waals surface area contributed by atoms with Gasteiger partial charge in [-0.15, -0.1) is 0 Å². The van der Waals surface area contributed by atoms with Crippen molar-refractivity contribution in [2.75, 3.05) is 19.6 Å². The Hall–Kier alpha value is -0.835. The molecule has 16 heavy (non-hydrogen) atoms. The van der Waals surface area contributed by atoms with E-state index in [-0.39, 0.29) is 0 Å². The van der Waals surface area contributed by atoms with Gasteiger partial charge in [0.25, 0.3) is 0 Å². The molecule has 2 rings (SSSR count). The van der Waals surface area contributed by atoms with Gasteiger partial charge in [-0.1, -0.05) is 24.3 Å². The van der Waals surface area contributed by atoms with E-state index in [1.54, 1.807) is 12.1 Å². The molecule has 2 N–H and O–H groups in total. The van der Waals surface area contributed by atoms with Gasteiger partial charge in [0.15, 0.2) is 0 Å². The summed E-state index contributed by atoms with van der Waals surface area (Å²) in [5.74, 6) is 0. The summed E-state index contributed by atoms with van der Waals surface area (Å²) in [6.45, 7) is 3.57. The molecule has 1 fully saturated rings. The van der Waals surface area contributed by atoms with Gasteiger partial charge in [0, 0.05) is 6.54 Å². The molecule has 0 atom stereocenters. The van der Waals surface area contributed by atoms with Crippen LogP contribution in [-0.4, -0.2) is 41.7 Å². The molecule has 1 aromatic carbocycles. The lowest BCUT2D eigenvalue weighted by molar-refractivity contribution is 0.343. The second-order valence-corrected chi connectivity index (χ2v) is 4.41. The van der Waals surface area contributed by atoms with Gasteiger partial charge in [0.1, 0.15) is 0 Å². The van der Waals surface area contributed by atoms with Gasteiger partial charge in [-0.3, -0.25) is 0 Å². The minimum absolute atomic E-state index is 0.560. The van der Waals surface area contributed by atoms with Gasteiger partial charge in [0.2, 0.25) is 0 Å². The van der Waals surface area contributed by atoms with E-state index in [9.17, 15) is 0 Å². The van der Waals surface area contributed by atoms with Crippen molar-refractivity contribution in [3.8, 4) is 0 Å². The van der Waals surface area contributed by atoms with Crippen molar-refractivity contribution in [3.63, 3.8) is 0 Å². The van der Waals surface area contributed by atoms with E-state index < -0.39 is 7.12 Å². The first-order valence-electron chi connectivity index (χ1n) is 5.93. The van der Waals surface area contributed by atoms with E-state index >= 15 is 0 Å². The fourth-order valence-corrected chi connectivity index (χ4v) is 2.15. The van der Waals surface area contributed by atoms with Crippen molar-refractivity contribution in [2.45, 2.75) is 19.3 Å². The lowest BCUT2D eigenvalue weighted by Gasteiger charge is -2.14. The Morgan fingerprint density at radius 1 is 1.06 bits per heavy atom. The maximum absolute atomic E-state index is 8.96. The number of hydrogen-bond donors (Lipinski definition) is 2. The molecule has 0 saturated carbocycles. The van der Waals surface area contributed by atoms with E-state index in [2.05, 4.69) is 4.90 Å². The zero-order valence-electron chi connectivity index (χ0n) is 9.47. The fraction of sp³-hybridized carbons (Fsp3) is 0.500. The van der Waals surface area contributed by atoms with Gasteiger partial charge in [-0.05, 0) is 43.4 Å². The van der Waals surface area contributed by atoms with Crippen LogP contribution in [0, 0.1) is 0 Å². The van der Waals surface area contributed by atoms with E-state index in [0.29, 0.717) is 5.46 Å². The van der Waals surface area contributed by atoms with Crippen LogP contribution in [0.1, 0.15) is 18.4 Å². The average molecular weight is 219 g/mol. The Kier molecular flexibility index (Phi) is 3.99. The van der Waals surface area contributed by atoms with Crippen LogP contribution in [0.15, 0.2) is 24.3 Å². The highest BCUT2D eigenvalue weighted by Gasteiger charge is 2.12. The summed E-state index contributed by atoms with van der Waals surface area (Å²) in [7, 11) is -1.35. The summed E-state index contributed by atoms with van der Waals surface area (Å²) in [5, 5.41) is 17.9. The van der Waals surface area contributed by atoms with Crippen LogP contribution >= 0.6 is 0 Å². The minimum Gasteiger partial charge on any atom is -0.423 e. The van der Waals surface area contributed by atoms with Crippen LogP contribution in [0.4, 0.5) is 0 Å². The molecule has 0 unspecified atom stereocenters. The molecule has 0 bridgehead atoms. The normalized spacial score (nSPS) is 16.6. The molecule has 1 heterocycles. The Bertz CT molecular complexity index is 320. The third-order valence-corrected chi connectivity index (χ3v) is 3.19. The number of hydrogen-bond acceptors (Lipinski definition) is 3. The number of benzene rings is 1. The minimum atomic E-state index is -1.35. The number of likely N-dealkylation sites (tertiary alicyclic amines) is 1. The summed E-state index contributed by atoms with van der Waals surface area (Å²) in [6.07, 6.45) is 3.70. The zero-order valence-corrected chi connectivity index (χ0v) is 9.47. The molecular formula is C12H18BNO2. The van der Waals surface area contributed by atoms with Crippen LogP contribution in [0.25, 0.3) is 0 Å². The van der Waals surface area contributed by atoms with E-state index in [1.165, 1.54) is 31.5 Å². The van der Waals surface area contributed by atoms with E-state index in [1.807, 2.05) is 12.1 Å². The first kappa shape index (κ1) is 11.6. The van der Waals surface area contributed by atoms with Gasteiger partial charge in [-0.2, -0.15) is 0 Å². The molecule has 0 amide bonds. The molecule has 1 aliphatic heterocycles. The smallest absolute Gasteiger partial charge is 0.423 e. The van der Waals surface area contributed by atoms with Crippen molar-refractivity contribution >= 4 is 12.6 Å². The van der Waals surface area contributed by atoms with Crippen LogP contribution in [-0.2, 0) is 6.42 Å². The van der Waals surface area contributed by atoms with Crippen LogP contribution in [0.2, 0.25) is 0 Å². The Morgan fingerprint density at radius 3 is 2.25 bits per heavy atom. The second-order valence-electron chi connectivity index (χ2n) is 4.41. The van der Waals surface area contributed by atoms with Crippen molar-refractivity contribution in [1.29, 1.82) is 0 Å². The number of nitrogens with zero attached hydrogens (tertiary/aromatic N) is 1. The van der Waals surface area contributed by atoms with E-state index in [0.717, 1.165) is 13.0 Å². The molecule has 3 nitrogen and oxygen atoms in total. The van der Waals surface area contributed by atoms with E-state index in [4.69, 9.17) is 10.0 Å². The summed E-state index contributed by atoms with van der Waals surface area (Å²) >= 11 is 0. The molecule has 0 spiro atoms. The SMILES string of the molecule is OB(O)c1ccc(CCN2CCCC2)cc1. The lowest BCUT2D eigenvalue weighted by atomic mass is 9.80. The Morgan fingerprint density at radius 2 is 1.69 bits per heavy atom. The zero-order chi connectivity index (χ0) is 11.4. The molecule has 0 aromatic heterocycles. The first-order valence-corrected chi connectivity index (χ1v) is 5.93. The highest BCUT2D eigenvalue weighted by molar-refractivity contribution is 6.58. The maximum atomic E-state index is 8.96. The Balaban J connectivity index is 1.84. The highest BCUT2D eigenvalue weighted by Crippen LogP contribution is 2.08. The van der Waals surface area contributed by atoms with Crippen molar-refractivity contribution in [2.24, 2.45) is 0 Å². The summed E-state index contributed by atoms with van der Waals surface area (Å²) in [4.78, 5) is 2.48. The summed E-state index contributed by atoms with van der Waals surface area (Å²) in [6, 6.07) is 7.52. The summed E-state index contributed by atoms with van der Waals surface area (Å²) < 4.78 is 0. The summed E-state index contributed by atoms with van der Waals surface area (Å²) in [5.41, 5.74) is 1.82. The molecule has 1 aromatic rings. The lowest BCUT2D eigenvalue weighted by Crippen LogP contribution is -2.29. The molecule has 0 aliphatic carbocycles. The maximum Gasteiger partial charge on any atom is 0.488 e. The largest absolute Gasteiger partial charge is 0.488 e. The monoisotopic (exact) mass is 219 g/mol. The molecule has 1 saturated heterocycles. The van der Waals surface area contributed by atoms with Crippen molar-refractivity contribution in [1.82, 2.24) is 4.90 Å². The molecule has 86 valence electrons. The standard InChI is InChI=1S/C12H18BNO2/c15-13(16)12-5-3-11(4-6-12)7-10-14-8-1-2-9-14/h3-6,15-16H,1-2,7-10H2. The van der Waals surface area contributed by atoms with Crippen molar-refractivity contribution in [3.05, 3.63) is 29.8 Å². The molecule has 4 heteroatoms. The molecule has 0 radical (unpaired) electrons. The Labute approximate surface area is 96.9 Å². The van der Waals surface area contributed by atoms with Crippen LogP contribution < -0.4 is 5.46 Å². The van der Waals surface area contributed by atoms with Gasteiger partial charge < -0.3 is 14.9 Å². The third kappa shape index (κ3) is 3.08. The topological polar surface area (TPSA) is 43.7 Å². The third-order valence-electron chi connectivity index (χ3n) is 3.19. The van der Waals surface area contributed by atoms with Gasteiger partial charge in [0.05, 0.1) is 0 Å². The van der Waals surface area contributed by atoms with Crippen LogP contribution in [0.5, 0.6) is 0 Å².